The normalized spacial score (nSPS) is 13.8. The molecule has 5 rings (SSSR count). The van der Waals surface area contributed by atoms with Crippen molar-refractivity contribution in [1.82, 2.24) is 0 Å². The van der Waals surface area contributed by atoms with Gasteiger partial charge in [-0.05, 0) is 62.7 Å². The summed E-state index contributed by atoms with van der Waals surface area (Å²) in [7, 11) is 0. The Kier molecular flexibility index (Phi) is 3.92. The number of fused-ring (bicyclic) bond motifs is 3. The third kappa shape index (κ3) is 2.60. The first-order valence-corrected chi connectivity index (χ1v) is 10.0. The van der Waals surface area contributed by atoms with Crippen molar-refractivity contribution in [3.05, 3.63) is 107 Å². The maximum absolute atomic E-state index is 6.56. The van der Waals surface area contributed by atoms with Crippen LogP contribution in [0, 0.1) is 0 Å². The Morgan fingerprint density at radius 3 is 2.04 bits per heavy atom. The predicted octanol–water partition coefficient (Wildman–Crippen LogP) is 7.98. The Hall–Kier alpha value is -2.83. The summed E-state index contributed by atoms with van der Waals surface area (Å²) in [6, 6.07) is 32.2. The second kappa shape index (κ2) is 6.36. The quantitative estimate of drug-likeness (QED) is 0.330. The number of hydrogen-bond donors (Lipinski definition) is 0. The zero-order valence-corrected chi connectivity index (χ0v) is 16.8. The van der Waals surface area contributed by atoms with Gasteiger partial charge in [-0.3, -0.25) is 0 Å². The van der Waals surface area contributed by atoms with Crippen molar-refractivity contribution in [3.63, 3.8) is 0 Å². The molecule has 0 saturated carbocycles. The second-order valence-electron chi connectivity index (χ2n) is 7.99. The van der Waals surface area contributed by atoms with Crippen molar-refractivity contribution in [2.45, 2.75) is 19.3 Å². The summed E-state index contributed by atoms with van der Waals surface area (Å²) in [5, 5.41) is 0.766. The molecular formula is C27H21Cl. The monoisotopic (exact) mass is 380 g/mol. The van der Waals surface area contributed by atoms with E-state index >= 15 is 0 Å². The van der Waals surface area contributed by atoms with Gasteiger partial charge >= 0.3 is 0 Å². The van der Waals surface area contributed by atoms with E-state index in [0.29, 0.717) is 0 Å². The molecule has 28 heavy (non-hydrogen) atoms. The first-order chi connectivity index (χ1) is 13.6. The van der Waals surface area contributed by atoms with Crippen LogP contribution in [0.25, 0.3) is 33.4 Å². The lowest BCUT2D eigenvalue weighted by Gasteiger charge is -2.24. The largest absolute Gasteiger partial charge is 0.0843 e. The topological polar surface area (TPSA) is 0 Å². The van der Waals surface area contributed by atoms with Gasteiger partial charge in [-0.2, -0.15) is 0 Å². The first-order valence-electron chi connectivity index (χ1n) is 9.65. The molecule has 0 fully saturated rings. The first kappa shape index (κ1) is 17.3. The lowest BCUT2D eigenvalue weighted by Crippen LogP contribution is -2.16. The third-order valence-corrected chi connectivity index (χ3v) is 6.11. The summed E-state index contributed by atoms with van der Waals surface area (Å²) in [5.41, 5.74) is 10.2. The fraction of sp³-hybridized carbons (Fsp3) is 0.111. The molecule has 1 aliphatic carbocycles. The minimum absolute atomic E-state index is 0.0439. The van der Waals surface area contributed by atoms with Crippen LogP contribution in [0.4, 0.5) is 0 Å². The van der Waals surface area contributed by atoms with Gasteiger partial charge in [0.2, 0.25) is 0 Å². The maximum Gasteiger partial charge on any atom is 0.0418 e. The van der Waals surface area contributed by atoms with Crippen LogP contribution in [-0.4, -0.2) is 0 Å². The molecule has 1 aliphatic rings. The molecule has 0 aromatic heterocycles. The van der Waals surface area contributed by atoms with Gasteiger partial charge in [0.15, 0.2) is 0 Å². The van der Waals surface area contributed by atoms with Gasteiger partial charge in [0.05, 0.1) is 0 Å². The van der Waals surface area contributed by atoms with E-state index in [9.17, 15) is 0 Å². The van der Waals surface area contributed by atoms with Crippen LogP contribution < -0.4 is 0 Å². The van der Waals surface area contributed by atoms with Gasteiger partial charge in [-0.15, -0.1) is 0 Å². The van der Waals surface area contributed by atoms with Gasteiger partial charge in [-0.25, -0.2) is 0 Å². The van der Waals surface area contributed by atoms with E-state index in [0.717, 1.165) is 10.6 Å². The second-order valence-corrected chi connectivity index (χ2v) is 8.43. The molecule has 4 aromatic rings. The number of hydrogen-bond acceptors (Lipinski definition) is 0. The molecule has 0 radical (unpaired) electrons. The molecule has 136 valence electrons. The highest BCUT2D eigenvalue weighted by Crippen LogP contribution is 2.52. The summed E-state index contributed by atoms with van der Waals surface area (Å²) in [6.45, 7) is 4.65. The Morgan fingerprint density at radius 1 is 0.571 bits per heavy atom. The Balaban J connectivity index is 1.75. The molecule has 0 aliphatic heterocycles. The van der Waals surface area contributed by atoms with E-state index in [1.165, 1.54) is 38.9 Å². The molecule has 0 unspecified atom stereocenters. The fourth-order valence-electron chi connectivity index (χ4n) is 4.63. The molecule has 0 bridgehead atoms. The van der Waals surface area contributed by atoms with Crippen molar-refractivity contribution >= 4 is 11.6 Å². The average molecular weight is 381 g/mol. The van der Waals surface area contributed by atoms with E-state index in [-0.39, 0.29) is 5.41 Å². The number of rotatable bonds is 2. The van der Waals surface area contributed by atoms with Crippen molar-refractivity contribution in [2.75, 3.05) is 0 Å². The van der Waals surface area contributed by atoms with Gasteiger partial charge in [0, 0.05) is 10.4 Å². The van der Waals surface area contributed by atoms with Gasteiger partial charge < -0.3 is 0 Å². The summed E-state index contributed by atoms with van der Waals surface area (Å²) < 4.78 is 0. The number of benzene rings is 4. The summed E-state index contributed by atoms with van der Waals surface area (Å²) in [5.74, 6) is 0. The fourth-order valence-corrected chi connectivity index (χ4v) is 4.87. The summed E-state index contributed by atoms with van der Waals surface area (Å²) in [4.78, 5) is 0. The van der Waals surface area contributed by atoms with E-state index < -0.39 is 0 Å². The van der Waals surface area contributed by atoms with Gasteiger partial charge in [0.25, 0.3) is 0 Å². The van der Waals surface area contributed by atoms with E-state index in [2.05, 4.69) is 92.7 Å². The zero-order valence-electron chi connectivity index (χ0n) is 16.0. The lowest BCUT2D eigenvalue weighted by atomic mass is 9.78. The molecule has 0 saturated heterocycles. The van der Waals surface area contributed by atoms with E-state index in [1.807, 2.05) is 12.1 Å². The molecule has 0 nitrogen and oxygen atoms in total. The molecule has 4 aromatic carbocycles. The van der Waals surface area contributed by atoms with Crippen LogP contribution in [-0.2, 0) is 5.41 Å². The molecule has 0 amide bonds. The van der Waals surface area contributed by atoms with Crippen LogP contribution in [0.3, 0.4) is 0 Å². The Morgan fingerprint density at radius 2 is 1.21 bits per heavy atom. The van der Waals surface area contributed by atoms with Crippen molar-refractivity contribution in [1.29, 1.82) is 0 Å². The van der Waals surface area contributed by atoms with E-state index in [4.69, 9.17) is 11.6 Å². The third-order valence-electron chi connectivity index (χ3n) is 5.90. The summed E-state index contributed by atoms with van der Waals surface area (Å²) in [6.07, 6.45) is 0. The minimum atomic E-state index is -0.0439. The highest BCUT2D eigenvalue weighted by molar-refractivity contribution is 6.31. The molecule has 1 heteroatoms. The van der Waals surface area contributed by atoms with Crippen molar-refractivity contribution in [3.8, 4) is 33.4 Å². The predicted molar refractivity (Wildman–Crippen MR) is 120 cm³/mol. The lowest BCUT2D eigenvalue weighted by molar-refractivity contribution is 0.662. The van der Waals surface area contributed by atoms with Crippen LogP contribution >= 0.6 is 11.6 Å². The average Bonchev–Trinajstić information content (AvgIpc) is 2.96. The molecule has 0 N–H and O–H groups in total. The molecule has 0 heterocycles. The molecule has 0 spiro atoms. The standard InChI is InChI=1S/C27H21Cl/c1-27(2)25-14-7-6-11-23(25)24-13-8-12-22(26(24)27)20-15-19(16-21(28)17-20)18-9-4-3-5-10-18/h3-17H,1-2H3. The zero-order chi connectivity index (χ0) is 19.3. The maximum atomic E-state index is 6.56. The molecular weight excluding hydrogens is 360 g/mol. The highest BCUT2D eigenvalue weighted by atomic mass is 35.5. The van der Waals surface area contributed by atoms with Crippen molar-refractivity contribution in [2.24, 2.45) is 0 Å². The van der Waals surface area contributed by atoms with E-state index in [1.54, 1.807) is 0 Å². The van der Waals surface area contributed by atoms with Crippen LogP contribution in [0.2, 0.25) is 5.02 Å². The van der Waals surface area contributed by atoms with Crippen LogP contribution in [0.1, 0.15) is 25.0 Å². The van der Waals surface area contributed by atoms with Gasteiger partial charge in [0.1, 0.15) is 0 Å². The van der Waals surface area contributed by atoms with Gasteiger partial charge in [-0.1, -0.05) is 98.2 Å². The SMILES string of the molecule is CC1(C)c2ccccc2-c2cccc(-c3cc(Cl)cc(-c4ccccc4)c3)c21. The summed E-state index contributed by atoms with van der Waals surface area (Å²) >= 11 is 6.56. The number of halogens is 1. The highest BCUT2D eigenvalue weighted by Gasteiger charge is 2.37. The van der Waals surface area contributed by atoms with Crippen LogP contribution in [0.5, 0.6) is 0 Å². The molecule has 0 atom stereocenters. The Bertz CT molecular complexity index is 1190. The van der Waals surface area contributed by atoms with Crippen molar-refractivity contribution < 1.29 is 0 Å². The van der Waals surface area contributed by atoms with Crippen LogP contribution in [0.15, 0.2) is 91.0 Å². The smallest absolute Gasteiger partial charge is 0.0418 e. The minimum Gasteiger partial charge on any atom is -0.0843 e. The Labute approximate surface area is 171 Å².